The van der Waals surface area contributed by atoms with Gasteiger partial charge >= 0.3 is 0 Å². The van der Waals surface area contributed by atoms with E-state index in [9.17, 15) is 4.79 Å². The van der Waals surface area contributed by atoms with Crippen LogP contribution in [0, 0.1) is 11.3 Å². The highest BCUT2D eigenvalue weighted by atomic mass is 16.2. The molecule has 0 bridgehead atoms. The molecule has 104 valence electrons. The summed E-state index contributed by atoms with van der Waals surface area (Å²) in [5.74, 6) is 0.877. The van der Waals surface area contributed by atoms with Crippen molar-refractivity contribution in [3.05, 3.63) is 0 Å². The van der Waals surface area contributed by atoms with E-state index < -0.39 is 0 Å². The summed E-state index contributed by atoms with van der Waals surface area (Å²) in [5.41, 5.74) is 5.80. The van der Waals surface area contributed by atoms with Crippen molar-refractivity contribution in [3.8, 4) is 0 Å². The molecule has 2 aliphatic rings. The van der Waals surface area contributed by atoms with Gasteiger partial charge < -0.3 is 11.1 Å². The van der Waals surface area contributed by atoms with E-state index in [1.807, 2.05) is 6.92 Å². The molecule has 4 unspecified atom stereocenters. The van der Waals surface area contributed by atoms with Crippen molar-refractivity contribution in [2.45, 2.75) is 77.3 Å². The van der Waals surface area contributed by atoms with Crippen LogP contribution in [0.3, 0.4) is 0 Å². The Kier molecular flexibility index (Phi) is 4.31. The monoisotopic (exact) mass is 252 g/mol. The molecule has 0 saturated heterocycles. The maximum atomic E-state index is 12.5. The van der Waals surface area contributed by atoms with E-state index in [1.54, 1.807) is 0 Å². The normalized spacial score (nSPS) is 40.7. The van der Waals surface area contributed by atoms with Crippen LogP contribution < -0.4 is 11.1 Å². The summed E-state index contributed by atoms with van der Waals surface area (Å²) in [5, 5.41) is 3.31. The first-order valence-electron chi connectivity index (χ1n) is 7.64. The fourth-order valence-electron chi connectivity index (χ4n) is 3.69. The van der Waals surface area contributed by atoms with Crippen molar-refractivity contribution >= 4 is 5.91 Å². The highest BCUT2D eigenvalue weighted by molar-refractivity contribution is 5.83. The highest BCUT2D eigenvalue weighted by Crippen LogP contribution is 2.37. The first-order valence-corrected chi connectivity index (χ1v) is 7.64. The minimum atomic E-state index is -0.324. The zero-order chi connectivity index (χ0) is 13.2. The van der Waals surface area contributed by atoms with Gasteiger partial charge in [0.25, 0.3) is 0 Å². The minimum Gasteiger partial charge on any atom is -0.353 e. The van der Waals surface area contributed by atoms with E-state index in [-0.39, 0.29) is 17.4 Å². The lowest BCUT2D eigenvalue weighted by molar-refractivity contribution is -0.132. The summed E-state index contributed by atoms with van der Waals surface area (Å²) in [6, 6.07) is 0.432. The first kappa shape index (κ1) is 13.9. The van der Waals surface area contributed by atoms with Crippen LogP contribution in [0.15, 0.2) is 0 Å². The Morgan fingerprint density at radius 1 is 1.28 bits per heavy atom. The van der Waals surface area contributed by atoms with Gasteiger partial charge in [-0.25, -0.2) is 0 Å². The Morgan fingerprint density at radius 3 is 2.61 bits per heavy atom. The predicted molar refractivity (Wildman–Crippen MR) is 74.1 cm³/mol. The van der Waals surface area contributed by atoms with E-state index in [4.69, 9.17) is 5.73 Å². The van der Waals surface area contributed by atoms with Gasteiger partial charge in [0.1, 0.15) is 0 Å². The molecule has 0 aromatic rings. The van der Waals surface area contributed by atoms with Crippen molar-refractivity contribution in [1.29, 1.82) is 0 Å². The molecule has 4 atom stereocenters. The van der Waals surface area contributed by atoms with Gasteiger partial charge in [0.05, 0.1) is 5.41 Å². The van der Waals surface area contributed by atoms with Crippen LogP contribution in [0.5, 0.6) is 0 Å². The minimum absolute atomic E-state index is 0.0427. The molecule has 0 spiro atoms. The van der Waals surface area contributed by atoms with Crippen LogP contribution in [0.1, 0.15) is 65.2 Å². The van der Waals surface area contributed by atoms with Crippen LogP contribution >= 0.6 is 0 Å². The maximum absolute atomic E-state index is 12.5. The summed E-state index contributed by atoms with van der Waals surface area (Å²) >= 11 is 0. The standard InChI is InChI=1S/C15H28N2O/c1-3-11-7-4-5-8-12(11)17-14(18)15(2)10-6-9-13(15)16/h11-13H,3-10,16H2,1-2H3,(H,17,18). The summed E-state index contributed by atoms with van der Waals surface area (Å²) < 4.78 is 0. The van der Waals surface area contributed by atoms with Crippen LogP contribution in [0.4, 0.5) is 0 Å². The van der Waals surface area contributed by atoms with Gasteiger partial charge in [0, 0.05) is 12.1 Å². The van der Waals surface area contributed by atoms with Crippen LogP contribution in [-0.2, 0) is 4.79 Å². The second-order valence-corrected chi connectivity index (χ2v) is 6.45. The molecule has 3 N–H and O–H groups in total. The van der Waals surface area contributed by atoms with Crippen molar-refractivity contribution in [2.24, 2.45) is 17.1 Å². The predicted octanol–water partition coefficient (Wildman–Crippen LogP) is 2.59. The molecule has 18 heavy (non-hydrogen) atoms. The number of rotatable bonds is 3. The van der Waals surface area contributed by atoms with Gasteiger partial charge in [-0.1, -0.05) is 32.6 Å². The third-order valence-corrected chi connectivity index (χ3v) is 5.30. The molecule has 0 aromatic carbocycles. The Bertz CT molecular complexity index is 305. The molecule has 3 nitrogen and oxygen atoms in total. The van der Waals surface area contributed by atoms with Gasteiger partial charge in [0.2, 0.25) is 5.91 Å². The topological polar surface area (TPSA) is 55.1 Å². The SMILES string of the molecule is CCC1CCCCC1NC(=O)C1(C)CCCC1N. The van der Waals surface area contributed by atoms with Crippen molar-refractivity contribution in [3.63, 3.8) is 0 Å². The number of carbonyl (C=O) groups excluding carboxylic acids is 1. The molecule has 1 amide bonds. The molecule has 0 aliphatic heterocycles. The molecule has 0 heterocycles. The van der Waals surface area contributed by atoms with Gasteiger partial charge in [0.15, 0.2) is 0 Å². The fraction of sp³-hybridized carbons (Fsp3) is 0.933. The molecular formula is C15H28N2O. The van der Waals surface area contributed by atoms with Crippen molar-refractivity contribution < 1.29 is 4.79 Å². The van der Waals surface area contributed by atoms with Gasteiger partial charge in [-0.05, 0) is 38.5 Å². The first-order chi connectivity index (χ1) is 8.58. The Hall–Kier alpha value is -0.570. The third-order valence-electron chi connectivity index (χ3n) is 5.30. The molecule has 3 heteroatoms. The summed E-state index contributed by atoms with van der Waals surface area (Å²) in [6.45, 7) is 4.28. The number of hydrogen-bond donors (Lipinski definition) is 2. The summed E-state index contributed by atoms with van der Waals surface area (Å²) in [6.07, 6.45) is 9.20. The Balaban J connectivity index is 1.97. The van der Waals surface area contributed by atoms with Gasteiger partial charge in [-0.2, -0.15) is 0 Å². The molecule has 2 aliphatic carbocycles. The zero-order valence-electron chi connectivity index (χ0n) is 11.9. The average Bonchev–Trinajstić information content (AvgIpc) is 2.71. The highest BCUT2D eigenvalue weighted by Gasteiger charge is 2.44. The lowest BCUT2D eigenvalue weighted by Crippen LogP contribution is -2.52. The summed E-state index contributed by atoms with van der Waals surface area (Å²) in [4.78, 5) is 12.5. The molecular weight excluding hydrogens is 224 g/mol. The lowest BCUT2D eigenvalue weighted by atomic mass is 9.80. The molecule has 0 radical (unpaired) electrons. The Morgan fingerprint density at radius 2 is 2.00 bits per heavy atom. The van der Waals surface area contributed by atoms with Crippen LogP contribution in [0.25, 0.3) is 0 Å². The fourth-order valence-corrected chi connectivity index (χ4v) is 3.69. The lowest BCUT2D eigenvalue weighted by Gasteiger charge is -2.35. The molecule has 2 rings (SSSR count). The summed E-state index contributed by atoms with van der Waals surface area (Å²) in [7, 11) is 0. The maximum Gasteiger partial charge on any atom is 0.227 e. The van der Waals surface area contributed by atoms with E-state index in [2.05, 4.69) is 12.2 Å². The quantitative estimate of drug-likeness (QED) is 0.811. The van der Waals surface area contributed by atoms with Gasteiger partial charge in [-0.15, -0.1) is 0 Å². The molecule has 2 saturated carbocycles. The van der Waals surface area contributed by atoms with E-state index in [1.165, 1.54) is 25.7 Å². The van der Waals surface area contributed by atoms with E-state index in [0.29, 0.717) is 12.0 Å². The second-order valence-electron chi connectivity index (χ2n) is 6.45. The largest absolute Gasteiger partial charge is 0.353 e. The van der Waals surface area contributed by atoms with Crippen LogP contribution in [-0.4, -0.2) is 18.0 Å². The number of nitrogens with two attached hydrogens (primary N) is 1. The van der Waals surface area contributed by atoms with E-state index in [0.717, 1.165) is 25.7 Å². The number of amides is 1. The smallest absolute Gasteiger partial charge is 0.227 e. The zero-order valence-corrected chi connectivity index (χ0v) is 11.9. The molecule has 2 fully saturated rings. The van der Waals surface area contributed by atoms with Crippen molar-refractivity contribution in [1.82, 2.24) is 5.32 Å². The van der Waals surface area contributed by atoms with E-state index >= 15 is 0 Å². The number of hydrogen-bond acceptors (Lipinski definition) is 2. The molecule has 0 aromatic heterocycles. The number of nitrogens with one attached hydrogen (secondary N) is 1. The van der Waals surface area contributed by atoms with Crippen molar-refractivity contribution in [2.75, 3.05) is 0 Å². The van der Waals surface area contributed by atoms with Crippen LogP contribution in [0.2, 0.25) is 0 Å². The average molecular weight is 252 g/mol. The van der Waals surface area contributed by atoms with Gasteiger partial charge in [-0.3, -0.25) is 4.79 Å². The Labute approximate surface area is 111 Å². The third kappa shape index (κ3) is 2.56. The number of carbonyl (C=O) groups is 1. The second kappa shape index (κ2) is 5.60.